The molecule has 1 aliphatic heterocycles. The van der Waals surface area contributed by atoms with Crippen molar-refractivity contribution < 1.29 is 20.4 Å². The Hall–Kier alpha value is -2.36. The second kappa shape index (κ2) is 6.32. The molecular formula is C22H24N6Pd. The first-order valence-electron chi connectivity index (χ1n) is 9.55. The molecule has 6 nitrogen and oxygen atoms in total. The van der Waals surface area contributed by atoms with Crippen LogP contribution in [0.4, 0.5) is 0 Å². The van der Waals surface area contributed by atoms with Crippen molar-refractivity contribution in [1.29, 1.82) is 0 Å². The zero-order valence-corrected chi connectivity index (χ0v) is 19.0. The van der Waals surface area contributed by atoms with Crippen LogP contribution in [-0.4, -0.2) is 19.1 Å². The number of fused-ring (bicyclic) bond motifs is 10. The van der Waals surface area contributed by atoms with Crippen LogP contribution in [0.2, 0.25) is 0 Å². The zero-order valence-electron chi connectivity index (χ0n) is 17.5. The molecular weight excluding hydrogens is 455 g/mol. The number of imidazole rings is 2. The van der Waals surface area contributed by atoms with Crippen molar-refractivity contribution in [1.82, 2.24) is 29.1 Å². The van der Waals surface area contributed by atoms with Gasteiger partial charge in [-0.25, -0.2) is 9.97 Å². The molecule has 0 unspecified atom stereocenters. The van der Waals surface area contributed by atoms with E-state index in [1.807, 2.05) is 14.1 Å². The fourth-order valence-corrected chi connectivity index (χ4v) is 3.94. The quantitative estimate of drug-likeness (QED) is 0.364. The van der Waals surface area contributed by atoms with Crippen molar-refractivity contribution in [3.05, 3.63) is 59.4 Å². The van der Waals surface area contributed by atoms with Crippen molar-refractivity contribution in [3.8, 4) is 23.0 Å². The van der Waals surface area contributed by atoms with E-state index in [9.17, 15) is 0 Å². The van der Waals surface area contributed by atoms with E-state index in [1.54, 1.807) is 0 Å². The fraction of sp³-hybridized carbons (Fsp3) is 0.364. The molecule has 0 N–H and O–H groups in total. The topological polar surface area (TPSA) is 63.8 Å². The normalized spacial score (nSPS) is 16.2. The van der Waals surface area contributed by atoms with E-state index in [-0.39, 0.29) is 31.3 Å². The number of nitrogens with zero attached hydrogens (tertiary/aromatic N) is 6. The van der Waals surface area contributed by atoms with Crippen molar-refractivity contribution in [2.45, 2.75) is 38.5 Å². The Morgan fingerprint density at radius 3 is 1.45 bits per heavy atom. The molecule has 1 aliphatic rings. The molecule has 152 valence electrons. The summed E-state index contributed by atoms with van der Waals surface area (Å²) in [7, 11) is 4.04. The minimum atomic E-state index is -0.318. The number of aromatic nitrogens is 6. The van der Waals surface area contributed by atoms with Crippen LogP contribution in [0, 0.1) is 0 Å². The standard InChI is InChI=1S/C22H24N6.Pd/c1-21(2)15-9-7-13(23-15)20-26-18(12-28(20)6)22(3,4)16-10-8-14(24-16)19-25-17(21)11-27(19)5;/h7-12H,1-6H3;/q-2;+2. The summed E-state index contributed by atoms with van der Waals surface area (Å²) in [6.45, 7) is 8.64. The second-order valence-electron chi connectivity index (χ2n) is 8.80. The molecule has 0 aromatic carbocycles. The molecule has 0 saturated heterocycles. The number of hydrogen-bond acceptors (Lipinski definition) is 2. The van der Waals surface area contributed by atoms with Crippen LogP contribution in [0.15, 0.2) is 36.7 Å². The van der Waals surface area contributed by atoms with Gasteiger partial charge in [0.25, 0.3) is 0 Å². The fourth-order valence-electron chi connectivity index (χ4n) is 3.94. The van der Waals surface area contributed by atoms with Gasteiger partial charge in [-0.3, -0.25) is 0 Å². The van der Waals surface area contributed by atoms with Crippen LogP contribution >= 0.6 is 0 Å². The molecule has 4 aromatic rings. The molecule has 5 rings (SSSR count). The average Bonchev–Trinajstić information content (AvgIpc) is 3.39. The monoisotopic (exact) mass is 478 g/mol. The van der Waals surface area contributed by atoms with Gasteiger partial charge < -0.3 is 19.1 Å². The Morgan fingerprint density at radius 2 is 1.07 bits per heavy atom. The first-order valence-corrected chi connectivity index (χ1v) is 9.55. The third-order valence-corrected chi connectivity index (χ3v) is 6.05. The third-order valence-electron chi connectivity index (χ3n) is 6.05. The van der Waals surface area contributed by atoms with E-state index in [1.165, 1.54) is 0 Å². The Kier molecular flexibility index (Phi) is 4.34. The second-order valence-corrected chi connectivity index (χ2v) is 8.80. The van der Waals surface area contributed by atoms with E-state index < -0.39 is 0 Å². The van der Waals surface area contributed by atoms with Gasteiger partial charge in [0.2, 0.25) is 0 Å². The Morgan fingerprint density at radius 1 is 0.690 bits per heavy atom. The van der Waals surface area contributed by atoms with E-state index in [0.29, 0.717) is 0 Å². The van der Waals surface area contributed by atoms with Crippen molar-refractivity contribution >= 4 is 0 Å². The summed E-state index contributed by atoms with van der Waals surface area (Å²) in [5, 5.41) is 0. The Bertz CT molecular complexity index is 1110. The maximum absolute atomic E-state index is 4.95. The van der Waals surface area contributed by atoms with Crippen LogP contribution in [0.1, 0.15) is 50.5 Å². The van der Waals surface area contributed by atoms with Gasteiger partial charge >= 0.3 is 20.4 Å². The van der Waals surface area contributed by atoms with Crippen molar-refractivity contribution in [2.75, 3.05) is 0 Å². The molecule has 5 heterocycles. The summed E-state index contributed by atoms with van der Waals surface area (Å²) in [6.07, 6.45) is 4.17. The van der Waals surface area contributed by atoms with Crippen LogP contribution in [-0.2, 0) is 45.3 Å². The van der Waals surface area contributed by atoms with Gasteiger partial charge in [-0.1, -0.05) is 63.3 Å². The molecule has 0 radical (unpaired) electrons. The maximum atomic E-state index is 4.95. The smallest absolute Gasteiger partial charge is 0.658 e. The van der Waals surface area contributed by atoms with Gasteiger partial charge in [0.1, 0.15) is 11.6 Å². The molecule has 0 saturated carbocycles. The van der Waals surface area contributed by atoms with Gasteiger partial charge in [0.15, 0.2) is 0 Å². The molecule has 0 spiro atoms. The summed E-state index contributed by atoms with van der Waals surface area (Å²) in [6, 6.07) is 8.28. The van der Waals surface area contributed by atoms with E-state index in [0.717, 1.165) is 45.8 Å². The van der Waals surface area contributed by atoms with Crippen molar-refractivity contribution in [3.63, 3.8) is 0 Å². The van der Waals surface area contributed by atoms with Crippen LogP contribution in [0.3, 0.4) is 0 Å². The Balaban J connectivity index is 0.00000205. The summed E-state index contributed by atoms with van der Waals surface area (Å²) in [5.74, 6) is 1.74. The summed E-state index contributed by atoms with van der Waals surface area (Å²) in [4.78, 5) is 19.8. The predicted octanol–water partition coefficient (Wildman–Crippen LogP) is 3.36. The van der Waals surface area contributed by atoms with Crippen LogP contribution in [0.5, 0.6) is 0 Å². The molecule has 0 amide bonds. The SMILES string of the molecule is Cn1cc2nc1-c1ccc([n-]1)C(C)(C)c1cn(C)c(n1)-c1ccc([n-]1)C2(C)C.[Pd+2]. The summed E-state index contributed by atoms with van der Waals surface area (Å²) < 4.78 is 4.11. The zero-order chi connectivity index (χ0) is 19.8. The average molecular weight is 479 g/mol. The number of hydrogen-bond donors (Lipinski definition) is 0. The molecule has 8 bridgehead atoms. The predicted molar refractivity (Wildman–Crippen MR) is 108 cm³/mol. The number of aryl methyl sites for hydroxylation is 2. The minimum absolute atomic E-state index is 0. The third kappa shape index (κ3) is 2.79. The van der Waals surface area contributed by atoms with Gasteiger partial charge in [-0.05, 0) is 0 Å². The van der Waals surface area contributed by atoms with E-state index in [4.69, 9.17) is 19.9 Å². The van der Waals surface area contributed by atoms with Crippen LogP contribution < -0.4 is 9.97 Å². The minimum Gasteiger partial charge on any atom is -0.658 e. The van der Waals surface area contributed by atoms with Gasteiger partial charge in [0, 0.05) is 37.3 Å². The Labute approximate surface area is 184 Å². The van der Waals surface area contributed by atoms with Gasteiger partial charge in [0.05, 0.1) is 11.4 Å². The van der Waals surface area contributed by atoms with E-state index >= 15 is 0 Å². The molecule has 0 aliphatic carbocycles. The molecule has 0 fully saturated rings. The number of rotatable bonds is 0. The van der Waals surface area contributed by atoms with Crippen LogP contribution in [0.25, 0.3) is 23.0 Å². The largest absolute Gasteiger partial charge is 2.00 e. The van der Waals surface area contributed by atoms with Gasteiger partial charge in [-0.15, -0.1) is 11.4 Å². The first kappa shape index (κ1) is 19.9. The molecule has 4 aromatic heterocycles. The first-order chi connectivity index (χ1) is 13.2. The maximum Gasteiger partial charge on any atom is 2.00 e. The van der Waals surface area contributed by atoms with E-state index in [2.05, 4.69) is 73.5 Å². The van der Waals surface area contributed by atoms with Gasteiger partial charge in [-0.2, -0.15) is 0 Å². The molecule has 29 heavy (non-hydrogen) atoms. The summed E-state index contributed by atoms with van der Waals surface area (Å²) in [5.41, 5.74) is 5.08. The molecule has 0 atom stereocenters. The molecule has 7 heteroatoms. The van der Waals surface area contributed by atoms with Crippen molar-refractivity contribution in [2.24, 2.45) is 14.1 Å². The summed E-state index contributed by atoms with van der Waals surface area (Å²) >= 11 is 0.